The summed E-state index contributed by atoms with van der Waals surface area (Å²) in [7, 11) is 2.11. The van der Waals surface area contributed by atoms with Gasteiger partial charge in [-0.15, -0.1) is 0 Å². The number of imidazole rings is 1. The van der Waals surface area contributed by atoms with Gasteiger partial charge in [0.15, 0.2) is 0 Å². The number of hydrogen-bond donors (Lipinski definition) is 1. The number of nitrogen functional groups attached to an aromatic ring is 1. The fourth-order valence-electron chi connectivity index (χ4n) is 1.79. The standard InChI is InChI=1S/C12H17IN4/c1-3-16(2)6-7-17-11-5-4-9(13)8-10(11)15-12(17)14/h4-5,8H,3,6-7H2,1-2H3,(H2,14,15). The molecule has 0 aliphatic carbocycles. The molecular formula is C12H17IN4. The normalized spacial score (nSPS) is 11.5. The maximum absolute atomic E-state index is 5.96. The molecule has 0 aliphatic rings. The molecule has 0 unspecified atom stereocenters. The number of likely N-dealkylation sites (N-methyl/N-ethyl adjacent to an activating group) is 1. The minimum atomic E-state index is 0.603. The van der Waals surface area contributed by atoms with E-state index >= 15 is 0 Å². The van der Waals surface area contributed by atoms with Crippen LogP contribution in [0.15, 0.2) is 18.2 Å². The first-order chi connectivity index (χ1) is 8.11. The van der Waals surface area contributed by atoms with Crippen LogP contribution >= 0.6 is 22.6 Å². The van der Waals surface area contributed by atoms with E-state index in [0.29, 0.717) is 5.95 Å². The molecule has 0 fully saturated rings. The van der Waals surface area contributed by atoms with Gasteiger partial charge < -0.3 is 15.2 Å². The van der Waals surface area contributed by atoms with Crippen molar-refractivity contribution in [2.45, 2.75) is 13.5 Å². The zero-order chi connectivity index (χ0) is 12.4. The summed E-state index contributed by atoms with van der Waals surface area (Å²) in [6.07, 6.45) is 0. The molecule has 2 aromatic rings. The minimum absolute atomic E-state index is 0.603. The van der Waals surface area contributed by atoms with Crippen LogP contribution in [0, 0.1) is 3.57 Å². The van der Waals surface area contributed by atoms with E-state index in [4.69, 9.17) is 5.73 Å². The van der Waals surface area contributed by atoms with Crippen LogP contribution in [0.25, 0.3) is 11.0 Å². The lowest BCUT2D eigenvalue weighted by Gasteiger charge is -2.14. The highest BCUT2D eigenvalue weighted by Gasteiger charge is 2.08. The molecule has 0 amide bonds. The summed E-state index contributed by atoms with van der Waals surface area (Å²) < 4.78 is 3.27. The van der Waals surface area contributed by atoms with Crippen molar-refractivity contribution in [2.24, 2.45) is 0 Å². The second kappa shape index (κ2) is 5.22. The SMILES string of the molecule is CCN(C)CCn1c(N)nc2cc(I)ccc21. The molecule has 1 aromatic carbocycles. The summed E-state index contributed by atoms with van der Waals surface area (Å²) in [6, 6.07) is 6.24. The number of halogens is 1. The number of hydrogen-bond acceptors (Lipinski definition) is 3. The molecule has 0 spiro atoms. The van der Waals surface area contributed by atoms with Crippen LogP contribution in [-0.4, -0.2) is 34.6 Å². The van der Waals surface area contributed by atoms with Gasteiger partial charge in [-0.3, -0.25) is 0 Å². The quantitative estimate of drug-likeness (QED) is 0.865. The molecule has 0 saturated carbocycles. The average molecular weight is 344 g/mol. The Labute approximate surface area is 115 Å². The van der Waals surface area contributed by atoms with Crippen molar-refractivity contribution in [2.75, 3.05) is 25.9 Å². The van der Waals surface area contributed by atoms with Gasteiger partial charge in [0, 0.05) is 16.7 Å². The molecule has 92 valence electrons. The fraction of sp³-hybridized carbons (Fsp3) is 0.417. The van der Waals surface area contributed by atoms with E-state index < -0.39 is 0 Å². The summed E-state index contributed by atoms with van der Waals surface area (Å²) >= 11 is 2.29. The predicted octanol–water partition coefficient (Wildman–Crippen LogP) is 2.17. The van der Waals surface area contributed by atoms with Crippen LogP contribution in [0.1, 0.15) is 6.92 Å². The van der Waals surface area contributed by atoms with Crippen molar-refractivity contribution >= 4 is 39.6 Å². The lowest BCUT2D eigenvalue weighted by atomic mass is 10.3. The zero-order valence-corrected chi connectivity index (χ0v) is 12.3. The van der Waals surface area contributed by atoms with Crippen molar-refractivity contribution in [3.63, 3.8) is 0 Å². The molecule has 0 atom stereocenters. The van der Waals surface area contributed by atoms with E-state index in [1.54, 1.807) is 0 Å². The summed E-state index contributed by atoms with van der Waals surface area (Å²) in [6.45, 7) is 5.06. The van der Waals surface area contributed by atoms with Gasteiger partial charge in [0.25, 0.3) is 0 Å². The molecule has 2 N–H and O–H groups in total. The van der Waals surface area contributed by atoms with Gasteiger partial charge in [0.05, 0.1) is 11.0 Å². The lowest BCUT2D eigenvalue weighted by Crippen LogP contribution is -2.23. The van der Waals surface area contributed by atoms with Crippen LogP contribution < -0.4 is 5.73 Å². The van der Waals surface area contributed by atoms with Crippen LogP contribution in [0.5, 0.6) is 0 Å². The number of anilines is 1. The summed E-state index contributed by atoms with van der Waals surface area (Å²) in [5.74, 6) is 0.603. The molecule has 0 bridgehead atoms. The fourth-order valence-corrected chi connectivity index (χ4v) is 2.26. The Balaban J connectivity index is 2.30. The highest BCUT2D eigenvalue weighted by molar-refractivity contribution is 14.1. The van der Waals surface area contributed by atoms with E-state index in [1.165, 1.54) is 3.57 Å². The lowest BCUT2D eigenvalue weighted by molar-refractivity contribution is 0.338. The van der Waals surface area contributed by atoms with Crippen LogP contribution in [0.2, 0.25) is 0 Å². The predicted molar refractivity (Wildman–Crippen MR) is 80.0 cm³/mol. The van der Waals surface area contributed by atoms with Gasteiger partial charge in [-0.25, -0.2) is 4.98 Å². The summed E-state index contributed by atoms with van der Waals surface area (Å²) in [4.78, 5) is 6.66. The number of benzene rings is 1. The molecule has 4 nitrogen and oxygen atoms in total. The van der Waals surface area contributed by atoms with Crippen LogP contribution in [-0.2, 0) is 6.54 Å². The molecular weight excluding hydrogens is 327 g/mol. The Morgan fingerprint density at radius 1 is 1.47 bits per heavy atom. The van der Waals surface area contributed by atoms with Gasteiger partial charge in [-0.1, -0.05) is 6.92 Å². The first-order valence-electron chi connectivity index (χ1n) is 5.71. The third-order valence-electron chi connectivity index (χ3n) is 2.98. The Hall–Kier alpha value is -0.820. The number of fused-ring (bicyclic) bond motifs is 1. The van der Waals surface area contributed by atoms with E-state index in [0.717, 1.165) is 30.7 Å². The number of nitrogens with two attached hydrogens (primary N) is 1. The van der Waals surface area contributed by atoms with E-state index in [9.17, 15) is 0 Å². The molecule has 5 heteroatoms. The molecule has 0 aliphatic heterocycles. The van der Waals surface area contributed by atoms with E-state index in [-0.39, 0.29) is 0 Å². The van der Waals surface area contributed by atoms with Crippen molar-refractivity contribution in [3.8, 4) is 0 Å². The van der Waals surface area contributed by atoms with E-state index in [2.05, 4.69) is 69.2 Å². The molecule has 0 radical (unpaired) electrons. The average Bonchev–Trinajstić information content (AvgIpc) is 2.61. The monoisotopic (exact) mass is 344 g/mol. The Kier molecular flexibility index (Phi) is 3.88. The number of rotatable bonds is 4. The molecule has 17 heavy (non-hydrogen) atoms. The first-order valence-corrected chi connectivity index (χ1v) is 6.79. The largest absolute Gasteiger partial charge is 0.369 e. The second-order valence-corrected chi connectivity index (χ2v) is 5.40. The van der Waals surface area contributed by atoms with E-state index in [1.807, 2.05) is 0 Å². The topological polar surface area (TPSA) is 47.1 Å². The smallest absolute Gasteiger partial charge is 0.201 e. The highest BCUT2D eigenvalue weighted by Crippen LogP contribution is 2.20. The van der Waals surface area contributed by atoms with Crippen LogP contribution in [0.3, 0.4) is 0 Å². The van der Waals surface area contributed by atoms with Crippen LogP contribution in [0.4, 0.5) is 5.95 Å². The first kappa shape index (κ1) is 12.6. The third-order valence-corrected chi connectivity index (χ3v) is 3.66. The Bertz CT molecular complexity index is 520. The molecule has 0 saturated heterocycles. The summed E-state index contributed by atoms with van der Waals surface area (Å²) in [5, 5.41) is 0. The van der Waals surface area contributed by atoms with Crippen molar-refractivity contribution < 1.29 is 0 Å². The molecule has 1 aromatic heterocycles. The third kappa shape index (κ3) is 2.71. The Morgan fingerprint density at radius 2 is 2.24 bits per heavy atom. The molecule has 2 rings (SSSR count). The van der Waals surface area contributed by atoms with Gasteiger partial charge in [0.1, 0.15) is 0 Å². The van der Waals surface area contributed by atoms with Gasteiger partial charge in [0.2, 0.25) is 5.95 Å². The molecule has 1 heterocycles. The summed E-state index contributed by atoms with van der Waals surface area (Å²) in [5.41, 5.74) is 8.06. The van der Waals surface area contributed by atoms with Crippen molar-refractivity contribution in [1.82, 2.24) is 14.5 Å². The highest BCUT2D eigenvalue weighted by atomic mass is 127. The Morgan fingerprint density at radius 3 is 2.94 bits per heavy atom. The zero-order valence-electron chi connectivity index (χ0n) is 10.2. The van der Waals surface area contributed by atoms with Gasteiger partial charge in [-0.2, -0.15) is 0 Å². The minimum Gasteiger partial charge on any atom is -0.369 e. The maximum atomic E-state index is 5.96. The van der Waals surface area contributed by atoms with Crippen molar-refractivity contribution in [3.05, 3.63) is 21.8 Å². The van der Waals surface area contributed by atoms with Gasteiger partial charge in [-0.05, 0) is 54.4 Å². The number of aromatic nitrogens is 2. The van der Waals surface area contributed by atoms with Crippen molar-refractivity contribution in [1.29, 1.82) is 0 Å². The second-order valence-electron chi connectivity index (χ2n) is 4.15. The maximum Gasteiger partial charge on any atom is 0.201 e. The number of nitrogens with zero attached hydrogens (tertiary/aromatic N) is 3. The van der Waals surface area contributed by atoms with Gasteiger partial charge >= 0.3 is 0 Å².